The van der Waals surface area contributed by atoms with Crippen LogP contribution in [-0.4, -0.2) is 40.1 Å². The quantitative estimate of drug-likeness (QED) is 0.893. The minimum atomic E-state index is -0.806. The van der Waals surface area contributed by atoms with Gasteiger partial charge >= 0.3 is 5.97 Å². The molecule has 0 radical (unpaired) electrons. The third-order valence-electron chi connectivity index (χ3n) is 3.85. The molecule has 5 nitrogen and oxygen atoms in total. The Balaban J connectivity index is 1.92. The molecule has 0 saturated carbocycles. The van der Waals surface area contributed by atoms with E-state index in [1.807, 2.05) is 0 Å². The van der Waals surface area contributed by atoms with Crippen LogP contribution in [0.5, 0.6) is 5.75 Å². The molecule has 2 rings (SSSR count). The number of aromatic hydroxyl groups is 1. The molecule has 21 heavy (non-hydrogen) atoms. The zero-order valence-electron chi connectivity index (χ0n) is 11.6. The summed E-state index contributed by atoms with van der Waals surface area (Å²) in [6.07, 6.45) is 2.23. The van der Waals surface area contributed by atoms with Crippen molar-refractivity contribution in [2.45, 2.75) is 25.7 Å². The number of carboxylic acids is 1. The van der Waals surface area contributed by atoms with Crippen LogP contribution in [0.3, 0.4) is 0 Å². The molecule has 6 heteroatoms. The molecule has 0 spiro atoms. The van der Waals surface area contributed by atoms with Crippen molar-refractivity contribution in [1.29, 1.82) is 0 Å². The number of hydrogen-bond donors (Lipinski definition) is 2. The number of hydrogen-bond acceptors (Lipinski definition) is 3. The van der Waals surface area contributed by atoms with Crippen LogP contribution < -0.4 is 0 Å². The van der Waals surface area contributed by atoms with Crippen LogP contribution in [0.25, 0.3) is 0 Å². The van der Waals surface area contributed by atoms with E-state index in [-0.39, 0.29) is 23.6 Å². The monoisotopic (exact) mass is 295 g/mol. The molecule has 0 aromatic heterocycles. The number of phenolic OH excluding ortho intramolecular Hbond substituents is 1. The lowest BCUT2D eigenvalue weighted by molar-refractivity contribution is -0.137. The van der Waals surface area contributed by atoms with Crippen LogP contribution in [-0.2, 0) is 4.79 Å². The second kappa shape index (κ2) is 6.56. The van der Waals surface area contributed by atoms with E-state index in [1.54, 1.807) is 4.90 Å². The van der Waals surface area contributed by atoms with Crippen LogP contribution in [0, 0.1) is 11.7 Å². The van der Waals surface area contributed by atoms with Gasteiger partial charge in [-0.15, -0.1) is 0 Å². The van der Waals surface area contributed by atoms with Crippen molar-refractivity contribution in [3.8, 4) is 5.75 Å². The lowest BCUT2D eigenvalue weighted by Gasteiger charge is -2.32. The largest absolute Gasteiger partial charge is 0.508 e. The van der Waals surface area contributed by atoms with E-state index in [4.69, 9.17) is 10.2 Å². The summed E-state index contributed by atoms with van der Waals surface area (Å²) in [4.78, 5) is 24.3. The molecule has 0 bridgehead atoms. The van der Waals surface area contributed by atoms with Crippen molar-refractivity contribution in [2.24, 2.45) is 5.92 Å². The maximum Gasteiger partial charge on any atom is 0.303 e. The fourth-order valence-corrected chi connectivity index (χ4v) is 2.60. The number of aliphatic carboxylic acids is 1. The number of carboxylic acid groups (broad SMARTS) is 1. The van der Waals surface area contributed by atoms with Gasteiger partial charge < -0.3 is 15.1 Å². The van der Waals surface area contributed by atoms with Gasteiger partial charge in [0.05, 0.1) is 5.56 Å². The third kappa shape index (κ3) is 3.93. The highest BCUT2D eigenvalue weighted by Gasteiger charge is 2.25. The van der Waals surface area contributed by atoms with Gasteiger partial charge in [0.1, 0.15) is 11.6 Å². The fourth-order valence-electron chi connectivity index (χ4n) is 2.60. The molecular formula is C15H18FNO4. The zero-order valence-corrected chi connectivity index (χ0v) is 11.6. The van der Waals surface area contributed by atoms with Crippen molar-refractivity contribution in [1.82, 2.24) is 4.90 Å². The second-order valence-electron chi connectivity index (χ2n) is 5.33. The van der Waals surface area contributed by atoms with Gasteiger partial charge in [0.15, 0.2) is 0 Å². The maximum absolute atomic E-state index is 13.7. The van der Waals surface area contributed by atoms with Gasteiger partial charge in [-0.25, -0.2) is 4.39 Å². The Morgan fingerprint density at radius 3 is 2.52 bits per heavy atom. The third-order valence-corrected chi connectivity index (χ3v) is 3.85. The van der Waals surface area contributed by atoms with Gasteiger partial charge in [-0.3, -0.25) is 9.59 Å². The van der Waals surface area contributed by atoms with Gasteiger partial charge in [-0.2, -0.15) is 0 Å². The summed E-state index contributed by atoms with van der Waals surface area (Å²) in [7, 11) is 0. The van der Waals surface area contributed by atoms with Crippen LogP contribution in [0.15, 0.2) is 18.2 Å². The topological polar surface area (TPSA) is 77.8 Å². The van der Waals surface area contributed by atoms with Gasteiger partial charge in [0, 0.05) is 25.6 Å². The molecule has 0 atom stereocenters. The van der Waals surface area contributed by atoms with Crippen molar-refractivity contribution in [3.05, 3.63) is 29.6 Å². The average Bonchev–Trinajstić information content (AvgIpc) is 2.45. The number of amides is 1. The smallest absolute Gasteiger partial charge is 0.303 e. The highest BCUT2D eigenvalue weighted by atomic mass is 19.1. The highest BCUT2D eigenvalue weighted by Crippen LogP contribution is 2.24. The summed E-state index contributed by atoms with van der Waals surface area (Å²) in [5, 5.41) is 17.8. The number of nitrogens with zero attached hydrogens (tertiary/aromatic N) is 1. The number of carbonyl (C=O) groups excluding carboxylic acids is 1. The first-order valence-electron chi connectivity index (χ1n) is 6.97. The predicted octanol–water partition coefficient (Wildman–Crippen LogP) is 2.25. The first-order valence-corrected chi connectivity index (χ1v) is 6.97. The molecule has 1 aliphatic rings. The van der Waals surface area contributed by atoms with E-state index in [0.29, 0.717) is 25.4 Å². The lowest BCUT2D eigenvalue weighted by atomic mass is 9.92. The minimum Gasteiger partial charge on any atom is -0.508 e. The summed E-state index contributed by atoms with van der Waals surface area (Å²) in [5.41, 5.74) is -0.0446. The van der Waals surface area contributed by atoms with Crippen molar-refractivity contribution < 1.29 is 24.2 Å². The number of likely N-dealkylation sites (tertiary alicyclic amines) is 1. The second-order valence-corrected chi connectivity index (χ2v) is 5.33. The molecule has 0 unspecified atom stereocenters. The predicted molar refractivity (Wildman–Crippen MR) is 73.6 cm³/mol. The number of phenols is 1. The van der Waals surface area contributed by atoms with Gasteiger partial charge in [0.25, 0.3) is 5.91 Å². The Morgan fingerprint density at radius 2 is 1.95 bits per heavy atom. The molecule has 1 amide bonds. The first kappa shape index (κ1) is 15.3. The SMILES string of the molecule is O=C(O)CCC1CCN(C(=O)c2ccc(O)cc2F)CC1. The normalized spacial score (nSPS) is 16.0. The summed E-state index contributed by atoms with van der Waals surface area (Å²) < 4.78 is 13.7. The van der Waals surface area contributed by atoms with Gasteiger partial charge in [0.2, 0.25) is 0 Å². The summed E-state index contributed by atoms with van der Waals surface area (Å²) >= 11 is 0. The molecule has 1 fully saturated rings. The molecule has 1 heterocycles. The summed E-state index contributed by atoms with van der Waals surface area (Å²) in [6, 6.07) is 3.49. The van der Waals surface area contributed by atoms with E-state index in [0.717, 1.165) is 18.9 Å². The molecule has 0 aliphatic carbocycles. The summed E-state index contributed by atoms with van der Waals surface area (Å²) in [6.45, 7) is 1.01. The van der Waals surface area contributed by atoms with Gasteiger partial charge in [-0.1, -0.05) is 0 Å². The van der Waals surface area contributed by atoms with Crippen molar-refractivity contribution in [3.63, 3.8) is 0 Å². The van der Waals surface area contributed by atoms with Gasteiger partial charge in [-0.05, 0) is 37.3 Å². The van der Waals surface area contributed by atoms with E-state index in [9.17, 15) is 14.0 Å². The van der Waals surface area contributed by atoms with E-state index < -0.39 is 11.8 Å². The lowest BCUT2D eigenvalue weighted by Crippen LogP contribution is -2.38. The Kier molecular flexibility index (Phi) is 4.77. The number of piperidine rings is 1. The van der Waals surface area contributed by atoms with Crippen LogP contribution in [0.2, 0.25) is 0 Å². The summed E-state index contributed by atoms with van der Waals surface area (Å²) in [5.74, 6) is -1.83. The minimum absolute atomic E-state index is 0.0446. The Bertz CT molecular complexity index is 538. The van der Waals surface area contributed by atoms with E-state index in [1.165, 1.54) is 12.1 Å². The molecule has 1 aliphatic heterocycles. The first-order chi connectivity index (χ1) is 9.97. The van der Waals surface area contributed by atoms with E-state index in [2.05, 4.69) is 0 Å². The molecular weight excluding hydrogens is 277 g/mol. The maximum atomic E-state index is 13.7. The van der Waals surface area contributed by atoms with Crippen LogP contribution in [0.1, 0.15) is 36.0 Å². The number of rotatable bonds is 4. The van der Waals surface area contributed by atoms with Crippen LogP contribution in [0.4, 0.5) is 4.39 Å². The number of halogens is 1. The zero-order chi connectivity index (χ0) is 15.4. The Morgan fingerprint density at radius 1 is 1.29 bits per heavy atom. The highest BCUT2D eigenvalue weighted by molar-refractivity contribution is 5.94. The fraction of sp³-hybridized carbons (Fsp3) is 0.467. The molecule has 1 aromatic rings. The van der Waals surface area contributed by atoms with Crippen LogP contribution >= 0.6 is 0 Å². The Labute approximate surface area is 122 Å². The van der Waals surface area contributed by atoms with E-state index >= 15 is 0 Å². The average molecular weight is 295 g/mol. The molecule has 2 N–H and O–H groups in total. The standard InChI is InChI=1S/C15H18FNO4/c16-13-9-11(18)2-3-12(13)15(21)17-7-5-10(6-8-17)1-4-14(19)20/h2-3,9-10,18H,1,4-8H2,(H,19,20). The molecule has 1 saturated heterocycles. The molecule has 1 aromatic carbocycles. The van der Waals surface area contributed by atoms with Crippen molar-refractivity contribution in [2.75, 3.05) is 13.1 Å². The Hall–Kier alpha value is -2.11. The number of carbonyl (C=O) groups is 2. The number of benzene rings is 1. The molecule has 114 valence electrons. The van der Waals surface area contributed by atoms with Crippen molar-refractivity contribution >= 4 is 11.9 Å².